The Bertz CT molecular complexity index is 460. The van der Waals surface area contributed by atoms with Crippen LogP contribution in [0.2, 0.25) is 0 Å². The standard InChI is InChI=1S/C12H13FO5/c1-16-12(15)11(14)7-5-9-10(6-8(7)13)18-4-2-3-17-9/h5-6,11,14H,2-4H2,1H3. The van der Waals surface area contributed by atoms with Gasteiger partial charge in [0.25, 0.3) is 0 Å². The summed E-state index contributed by atoms with van der Waals surface area (Å²) >= 11 is 0. The van der Waals surface area contributed by atoms with E-state index < -0.39 is 17.9 Å². The highest BCUT2D eigenvalue weighted by Crippen LogP contribution is 2.34. The second-order valence-corrected chi connectivity index (χ2v) is 3.80. The van der Waals surface area contributed by atoms with Crippen LogP contribution in [-0.2, 0) is 9.53 Å². The van der Waals surface area contributed by atoms with Crippen LogP contribution in [0.15, 0.2) is 12.1 Å². The van der Waals surface area contributed by atoms with E-state index in [0.717, 1.165) is 13.2 Å². The highest BCUT2D eigenvalue weighted by molar-refractivity contribution is 5.76. The van der Waals surface area contributed by atoms with Crippen molar-refractivity contribution in [1.29, 1.82) is 0 Å². The number of halogens is 1. The summed E-state index contributed by atoms with van der Waals surface area (Å²) < 4.78 is 28.8. The van der Waals surface area contributed by atoms with Crippen LogP contribution in [0.25, 0.3) is 0 Å². The van der Waals surface area contributed by atoms with E-state index in [-0.39, 0.29) is 11.3 Å². The summed E-state index contributed by atoms with van der Waals surface area (Å²) in [6.45, 7) is 0.873. The summed E-state index contributed by atoms with van der Waals surface area (Å²) in [6.07, 6.45) is -0.988. The minimum absolute atomic E-state index is 0.189. The lowest BCUT2D eigenvalue weighted by Gasteiger charge is -2.13. The smallest absolute Gasteiger partial charge is 0.339 e. The van der Waals surface area contributed by atoms with Crippen LogP contribution in [0, 0.1) is 5.82 Å². The van der Waals surface area contributed by atoms with Gasteiger partial charge in [0.2, 0.25) is 0 Å². The Morgan fingerprint density at radius 1 is 1.39 bits per heavy atom. The van der Waals surface area contributed by atoms with E-state index in [1.165, 1.54) is 6.07 Å². The van der Waals surface area contributed by atoms with Crippen LogP contribution >= 0.6 is 0 Å². The molecule has 0 saturated carbocycles. The lowest BCUT2D eigenvalue weighted by atomic mass is 10.1. The van der Waals surface area contributed by atoms with Crippen LogP contribution in [-0.4, -0.2) is 31.4 Å². The Morgan fingerprint density at radius 2 is 2.00 bits per heavy atom. The van der Waals surface area contributed by atoms with Crippen molar-refractivity contribution in [2.45, 2.75) is 12.5 Å². The Kier molecular flexibility index (Phi) is 3.66. The van der Waals surface area contributed by atoms with Gasteiger partial charge in [-0.3, -0.25) is 0 Å². The molecule has 2 rings (SSSR count). The highest BCUT2D eigenvalue weighted by Gasteiger charge is 2.25. The first-order valence-corrected chi connectivity index (χ1v) is 5.48. The maximum Gasteiger partial charge on any atom is 0.339 e. The zero-order chi connectivity index (χ0) is 13.1. The van der Waals surface area contributed by atoms with Gasteiger partial charge in [0.15, 0.2) is 17.6 Å². The number of hydrogen-bond donors (Lipinski definition) is 1. The number of rotatable bonds is 2. The predicted molar refractivity (Wildman–Crippen MR) is 59.0 cm³/mol. The molecule has 6 heteroatoms. The number of fused-ring (bicyclic) bond motifs is 1. The van der Waals surface area contributed by atoms with Crippen LogP contribution in [0.4, 0.5) is 4.39 Å². The van der Waals surface area contributed by atoms with Crippen LogP contribution in [0.1, 0.15) is 18.1 Å². The number of carbonyl (C=O) groups is 1. The Hall–Kier alpha value is -1.82. The number of aliphatic hydroxyl groups excluding tert-OH is 1. The van der Waals surface area contributed by atoms with Gasteiger partial charge in [-0.1, -0.05) is 0 Å². The summed E-state index contributed by atoms with van der Waals surface area (Å²) in [5, 5.41) is 9.63. The van der Waals surface area contributed by atoms with Crippen molar-refractivity contribution in [3.63, 3.8) is 0 Å². The van der Waals surface area contributed by atoms with Crippen molar-refractivity contribution in [2.75, 3.05) is 20.3 Å². The number of esters is 1. The fourth-order valence-corrected chi connectivity index (χ4v) is 1.65. The molecule has 1 aromatic rings. The molecular formula is C12H13FO5. The Morgan fingerprint density at radius 3 is 2.61 bits per heavy atom. The first-order chi connectivity index (χ1) is 8.63. The van der Waals surface area contributed by atoms with Gasteiger partial charge in [-0.05, 0) is 6.07 Å². The zero-order valence-corrected chi connectivity index (χ0v) is 9.81. The van der Waals surface area contributed by atoms with E-state index in [1.54, 1.807) is 0 Å². The minimum atomic E-state index is -1.67. The molecule has 0 saturated heterocycles. The van der Waals surface area contributed by atoms with Crippen molar-refractivity contribution < 1.29 is 28.5 Å². The first kappa shape index (κ1) is 12.6. The fraction of sp³-hybridized carbons (Fsp3) is 0.417. The van der Waals surface area contributed by atoms with Gasteiger partial charge in [0, 0.05) is 18.1 Å². The maximum atomic E-state index is 13.8. The number of benzene rings is 1. The number of ether oxygens (including phenoxy) is 3. The number of aliphatic hydroxyl groups is 1. The summed E-state index contributed by atoms with van der Waals surface area (Å²) in [6, 6.07) is 2.36. The van der Waals surface area contributed by atoms with Gasteiger partial charge in [0.1, 0.15) is 5.82 Å². The van der Waals surface area contributed by atoms with E-state index >= 15 is 0 Å². The monoisotopic (exact) mass is 256 g/mol. The third kappa shape index (κ3) is 2.38. The third-order valence-corrected chi connectivity index (χ3v) is 2.59. The van der Waals surface area contributed by atoms with Crippen molar-refractivity contribution >= 4 is 5.97 Å². The summed E-state index contributed by atoms with van der Waals surface area (Å²) in [7, 11) is 1.12. The van der Waals surface area contributed by atoms with E-state index in [9.17, 15) is 14.3 Å². The Labute approximate surface area is 103 Å². The van der Waals surface area contributed by atoms with Gasteiger partial charge in [-0.25, -0.2) is 9.18 Å². The molecule has 1 aromatic carbocycles. The molecule has 0 amide bonds. The average molecular weight is 256 g/mol. The van der Waals surface area contributed by atoms with Crippen molar-refractivity contribution in [3.8, 4) is 11.5 Å². The topological polar surface area (TPSA) is 65.0 Å². The molecule has 18 heavy (non-hydrogen) atoms. The van der Waals surface area contributed by atoms with E-state index in [0.29, 0.717) is 25.4 Å². The quantitative estimate of drug-likeness (QED) is 0.805. The summed E-state index contributed by atoms with van der Waals surface area (Å²) in [4.78, 5) is 11.2. The van der Waals surface area contributed by atoms with Crippen molar-refractivity contribution in [3.05, 3.63) is 23.5 Å². The molecule has 0 aliphatic carbocycles. The molecule has 1 aliphatic heterocycles. The molecule has 98 valence electrons. The van der Waals surface area contributed by atoms with Crippen LogP contribution in [0.3, 0.4) is 0 Å². The second-order valence-electron chi connectivity index (χ2n) is 3.80. The summed E-state index contributed by atoms with van der Waals surface area (Å²) in [5.41, 5.74) is -0.189. The Balaban J connectivity index is 2.37. The molecule has 1 aliphatic rings. The molecule has 1 heterocycles. The fourth-order valence-electron chi connectivity index (χ4n) is 1.65. The van der Waals surface area contributed by atoms with Gasteiger partial charge in [-0.15, -0.1) is 0 Å². The lowest BCUT2D eigenvalue weighted by molar-refractivity contribution is -0.150. The molecule has 0 fully saturated rings. The molecule has 1 atom stereocenters. The predicted octanol–water partition coefficient (Wildman–Crippen LogP) is 1.19. The second kappa shape index (κ2) is 5.22. The van der Waals surface area contributed by atoms with Gasteiger partial charge in [0.05, 0.1) is 20.3 Å². The molecule has 1 unspecified atom stereocenters. The van der Waals surface area contributed by atoms with Gasteiger partial charge in [-0.2, -0.15) is 0 Å². The van der Waals surface area contributed by atoms with Crippen LogP contribution < -0.4 is 9.47 Å². The van der Waals surface area contributed by atoms with E-state index in [1.807, 2.05) is 0 Å². The van der Waals surface area contributed by atoms with E-state index in [4.69, 9.17) is 9.47 Å². The van der Waals surface area contributed by atoms with Gasteiger partial charge < -0.3 is 19.3 Å². The lowest BCUT2D eigenvalue weighted by Crippen LogP contribution is -2.15. The maximum absolute atomic E-state index is 13.8. The first-order valence-electron chi connectivity index (χ1n) is 5.48. The van der Waals surface area contributed by atoms with Crippen molar-refractivity contribution in [1.82, 2.24) is 0 Å². The molecule has 0 bridgehead atoms. The molecule has 0 spiro atoms. The third-order valence-electron chi connectivity index (χ3n) is 2.59. The largest absolute Gasteiger partial charge is 0.490 e. The normalized spacial score (nSPS) is 15.7. The summed E-state index contributed by atoms with van der Waals surface area (Å²) in [5.74, 6) is -1.08. The number of carbonyl (C=O) groups excluding carboxylic acids is 1. The molecule has 1 N–H and O–H groups in total. The molecule has 0 aromatic heterocycles. The molecule has 0 radical (unpaired) electrons. The van der Waals surface area contributed by atoms with E-state index in [2.05, 4.69) is 4.74 Å². The average Bonchev–Trinajstić information content (AvgIpc) is 2.60. The SMILES string of the molecule is COC(=O)C(O)c1cc2c(cc1F)OCCCO2. The molecule has 5 nitrogen and oxygen atoms in total. The van der Waals surface area contributed by atoms with Gasteiger partial charge >= 0.3 is 5.97 Å². The number of methoxy groups -OCH3 is 1. The number of hydrogen-bond acceptors (Lipinski definition) is 5. The highest BCUT2D eigenvalue weighted by atomic mass is 19.1. The minimum Gasteiger partial charge on any atom is -0.490 e. The molecular weight excluding hydrogens is 243 g/mol. The van der Waals surface area contributed by atoms with Crippen molar-refractivity contribution in [2.24, 2.45) is 0 Å². The van der Waals surface area contributed by atoms with Crippen LogP contribution in [0.5, 0.6) is 11.5 Å². The zero-order valence-electron chi connectivity index (χ0n) is 9.81.